The van der Waals surface area contributed by atoms with Crippen molar-refractivity contribution in [1.29, 1.82) is 0 Å². The first kappa shape index (κ1) is 21.8. The van der Waals surface area contributed by atoms with Crippen LogP contribution in [0.3, 0.4) is 0 Å². The van der Waals surface area contributed by atoms with E-state index in [-0.39, 0.29) is 5.82 Å². The Balaban J connectivity index is 1.58. The van der Waals surface area contributed by atoms with Crippen molar-refractivity contribution in [3.63, 3.8) is 0 Å². The highest BCUT2D eigenvalue weighted by Gasteiger charge is 2.17. The number of aryl methyl sites for hydroxylation is 1. The molecule has 0 radical (unpaired) electrons. The van der Waals surface area contributed by atoms with E-state index < -0.39 is 0 Å². The fourth-order valence-corrected chi connectivity index (χ4v) is 4.06. The Bertz CT molecular complexity index is 1480. The Hall–Kier alpha value is -4.04. The molecule has 0 aliphatic carbocycles. The number of anilines is 2. The minimum absolute atomic E-state index is 0.319. The Labute approximate surface area is 200 Å². The summed E-state index contributed by atoms with van der Waals surface area (Å²) in [5.41, 5.74) is 10.3. The van der Waals surface area contributed by atoms with E-state index >= 15 is 0 Å². The topological polar surface area (TPSA) is 94.5 Å². The molecule has 0 amide bonds. The quantitative estimate of drug-likeness (QED) is 0.355. The standard InChI is InChI=1S/C25H21ClFN7/c1-34-12-9-21(33-34)29-11-8-20-25(28)32-23(15-4-6-18(27)7-5-15)24(31-20)17-13-16-3-2-10-30-22(16)19(26)14-17/h2-7,9-10,12-14H,8,11H2,1H3,(H2,28,32)(H,29,33). The van der Waals surface area contributed by atoms with Crippen molar-refractivity contribution < 1.29 is 4.39 Å². The average molecular weight is 474 g/mol. The smallest absolute Gasteiger partial charge is 0.147 e. The molecule has 0 aliphatic rings. The van der Waals surface area contributed by atoms with Crippen LogP contribution in [0.2, 0.25) is 5.02 Å². The summed E-state index contributed by atoms with van der Waals surface area (Å²) >= 11 is 6.55. The molecule has 0 saturated carbocycles. The largest absolute Gasteiger partial charge is 0.382 e. The fourth-order valence-electron chi connectivity index (χ4n) is 3.78. The number of rotatable bonds is 6. The lowest BCUT2D eigenvalue weighted by atomic mass is 10.0. The molecule has 3 aromatic heterocycles. The maximum atomic E-state index is 13.6. The summed E-state index contributed by atoms with van der Waals surface area (Å²) in [5, 5.41) is 8.97. The van der Waals surface area contributed by atoms with Crippen LogP contribution in [-0.4, -0.2) is 31.3 Å². The number of fused-ring (bicyclic) bond motifs is 1. The van der Waals surface area contributed by atoms with Gasteiger partial charge in [0.25, 0.3) is 0 Å². The molecule has 0 unspecified atom stereocenters. The van der Waals surface area contributed by atoms with E-state index in [1.165, 1.54) is 12.1 Å². The van der Waals surface area contributed by atoms with Crippen LogP contribution in [0.25, 0.3) is 33.4 Å². The van der Waals surface area contributed by atoms with Crippen molar-refractivity contribution in [3.8, 4) is 22.5 Å². The van der Waals surface area contributed by atoms with Crippen LogP contribution < -0.4 is 11.1 Å². The van der Waals surface area contributed by atoms with Gasteiger partial charge in [-0.2, -0.15) is 5.10 Å². The molecular weight excluding hydrogens is 453 g/mol. The zero-order chi connectivity index (χ0) is 23.7. The van der Waals surface area contributed by atoms with Gasteiger partial charge in [0.15, 0.2) is 0 Å². The number of pyridine rings is 1. The average Bonchev–Trinajstić information content (AvgIpc) is 3.25. The van der Waals surface area contributed by atoms with Crippen LogP contribution in [0.5, 0.6) is 0 Å². The van der Waals surface area contributed by atoms with Gasteiger partial charge < -0.3 is 11.1 Å². The molecule has 3 N–H and O–H groups in total. The van der Waals surface area contributed by atoms with Crippen molar-refractivity contribution in [2.24, 2.45) is 7.05 Å². The third-order valence-electron chi connectivity index (χ3n) is 5.43. The molecule has 170 valence electrons. The van der Waals surface area contributed by atoms with E-state index in [0.29, 0.717) is 52.0 Å². The van der Waals surface area contributed by atoms with Gasteiger partial charge in [-0.05, 0) is 42.5 Å². The van der Waals surface area contributed by atoms with E-state index in [0.717, 1.165) is 16.8 Å². The predicted octanol–water partition coefficient (Wildman–Crippen LogP) is 5.12. The molecule has 0 atom stereocenters. The van der Waals surface area contributed by atoms with Gasteiger partial charge in [-0.3, -0.25) is 9.67 Å². The molecule has 0 fully saturated rings. The molecule has 5 rings (SSSR count). The van der Waals surface area contributed by atoms with Gasteiger partial charge in [0.05, 0.1) is 27.6 Å². The number of benzene rings is 2. The number of nitrogens with zero attached hydrogens (tertiary/aromatic N) is 5. The van der Waals surface area contributed by atoms with E-state index in [1.807, 2.05) is 43.6 Å². The van der Waals surface area contributed by atoms with Gasteiger partial charge in [0, 0.05) is 55.0 Å². The lowest BCUT2D eigenvalue weighted by Gasteiger charge is -2.14. The maximum Gasteiger partial charge on any atom is 0.147 e. The van der Waals surface area contributed by atoms with Gasteiger partial charge in [-0.1, -0.05) is 17.7 Å². The third kappa shape index (κ3) is 4.40. The number of nitrogens with one attached hydrogen (secondary N) is 1. The molecular formula is C25H21ClFN7. The second kappa shape index (κ2) is 9.07. The highest BCUT2D eigenvalue weighted by atomic mass is 35.5. The number of hydrogen-bond donors (Lipinski definition) is 2. The third-order valence-corrected chi connectivity index (χ3v) is 5.72. The predicted molar refractivity (Wildman–Crippen MR) is 133 cm³/mol. The molecule has 3 heterocycles. The summed E-state index contributed by atoms with van der Waals surface area (Å²) in [6.07, 6.45) is 4.10. The number of nitrogen functional groups attached to an aromatic ring is 1. The van der Waals surface area contributed by atoms with E-state index in [4.69, 9.17) is 22.3 Å². The SMILES string of the molecule is Cn1ccc(NCCc2nc(-c3cc(Cl)c4ncccc4c3)c(-c3ccc(F)cc3)nc2N)n1. The molecule has 7 nitrogen and oxygen atoms in total. The van der Waals surface area contributed by atoms with Gasteiger partial charge in [0.2, 0.25) is 0 Å². The van der Waals surface area contributed by atoms with Crippen molar-refractivity contribution in [1.82, 2.24) is 24.7 Å². The highest BCUT2D eigenvalue weighted by Crippen LogP contribution is 2.35. The summed E-state index contributed by atoms with van der Waals surface area (Å²) in [4.78, 5) is 13.9. The van der Waals surface area contributed by atoms with Crippen molar-refractivity contribution >= 4 is 34.1 Å². The normalized spacial score (nSPS) is 11.1. The van der Waals surface area contributed by atoms with Gasteiger partial charge in [-0.25, -0.2) is 14.4 Å². The van der Waals surface area contributed by atoms with Crippen LogP contribution in [-0.2, 0) is 13.5 Å². The van der Waals surface area contributed by atoms with E-state index in [9.17, 15) is 4.39 Å². The molecule has 34 heavy (non-hydrogen) atoms. The Kier molecular flexibility index (Phi) is 5.81. The molecule has 9 heteroatoms. The molecule has 0 bridgehead atoms. The summed E-state index contributed by atoms with van der Waals surface area (Å²) in [5.74, 6) is 0.758. The second-order valence-electron chi connectivity index (χ2n) is 7.84. The van der Waals surface area contributed by atoms with Crippen LogP contribution in [0, 0.1) is 5.82 Å². The van der Waals surface area contributed by atoms with Crippen LogP contribution >= 0.6 is 11.6 Å². The lowest BCUT2D eigenvalue weighted by Crippen LogP contribution is -2.11. The van der Waals surface area contributed by atoms with Crippen molar-refractivity contribution in [2.45, 2.75) is 6.42 Å². The number of nitrogens with two attached hydrogens (primary N) is 1. The van der Waals surface area contributed by atoms with Gasteiger partial charge in [-0.15, -0.1) is 0 Å². The maximum absolute atomic E-state index is 13.6. The number of hydrogen-bond acceptors (Lipinski definition) is 6. The van der Waals surface area contributed by atoms with Gasteiger partial charge in [0.1, 0.15) is 17.5 Å². The van der Waals surface area contributed by atoms with E-state index in [2.05, 4.69) is 20.4 Å². The van der Waals surface area contributed by atoms with Crippen LogP contribution in [0.15, 0.2) is 67.0 Å². The number of halogens is 2. The highest BCUT2D eigenvalue weighted by molar-refractivity contribution is 6.35. The molecule has 0 saturated heterocycles. The minimum atomic E-state index is -0.330. The first-order valence-electron chi connectivity index (χ1n) is 10.7. The Morgan fingerprint density at radius 1 is 1.03 bits per heavy atom. The van der Waals surface area contributed by atoms with Crippen molar-refractivity contribution in [2.75, 3.05) is 17.6 Å². The van der Waals surface area contributed by atoms with Crippen molar-refractivity contribution in [3.05, 3.63) is 83.5 Å². The van der Waals surface area contributed by atoms with E-state index in [1.54, 1.807) is 23.0 Å². The lowest BCUT2D eigenvalue weighted by molar-refractivity contribution is 0.628. The van der Waals surface area contributed by atoms with Crippen LogP contribution in [0.1, 0.15) is 5.69 Å². The summed E-state index contributed by atoms with van der Waals surface area (Å²) in [7, 11) is 1.86. The monoisotopic (exact) mass is 473 g/mol. The summed E-state index contributed by atoms with van der Waals surface area (Å²) in [6.45, 7) is 0.577. The Morgan fingerprint density at radius 2 is 1.82 bits per heavy atom. The molecule has 0 spiro atoms. The molecule has 0 aliphatic heterocycles. The first-order chi connectivity index (χ1) is 16.5. The molecule has 5 aromatic rings. The second-order valence-corrected chi connectivity index (χ2v) is 8.25. The first-order valence-corrected chi connectivity index (χ1v) is 11.1. The van der Waals surface area contributed by atoms with Gasteiger partial charge >= 0.3 is 0 Å². The zero-order valence-corrected chi connectivity index (χ0v) is 19.1. The number of aromatic nitrogens is 5. The minimum Gasteiger partial charge on any atom is -0.382 e. The fraction of sp³-hybridized carbons (Fsp3) is 0.120. The summed E-state index contributed by atoms with van der Waals surface area (Å²) in [6, 6.07) is 15.6. The molecule has 2 aromatic carbocycles. The van der Waals surface area contributed by atoms with Crippen LogP contribution in [0.4, 0.5) is 16.0 Å². The zero-order valence-electron chi connectivity index (χ0n) is 18.3. The Morgan fingerprint density at radius 3 is 2.59 bits per heavy atom. The summed E-state index contributed by atoms with van der Waals surface area (Å²) < 4.78 is 15.3.